The van der Waals surface area contributed by atoms with Gasteiger partial charge in [-0.3, -0.25) is 0 Å². The number of rotatable bonds is 6. The Kier molecular flexibility index (Phi) is 6.53. The van der Waals surface area contributed by atoms with E-state index in [0.717, 1.165) is 18.9 Å². The zero-order chi connectivity index (χ0) is 16.2. The van der Waals surface area contributed by atoms with Crippen LogP contribution in [0.15, 0.2) is 23.1 Å². The molecule has 0 aliphatic carbocycles. The first kappa shape index (κ1) is 18.0. The Balaban J connectivity index is 1.80. The second-order valence-electron chi connectivity index (χ2n) is 6.04. The van der Waals surface area contributed by atoms with E-state index < -0.39 is 10.0 Å². The van der Waals surface area contributed by atoms with Gasteiger partial charge in [0.15, 0.2) is 0 Å². The monoisotopic (exact) mass is 365 g/mol. The predicted octanol–water partition coefficient (Wildman–Crippen LogP) is 1.98. The molecule has 1 aromatic rings. The van der Waals surface area contributed by atoms with Crippen LogP contribution in [0.1, 0.15) is 26.2 Å². The van der Waals surface area contributed by atoms with Crippen LogP contribution in [0.2, 0.25) is 10.0 Å². The molecule has 1 aromatic carbocycles. The number of likely N-dealkylation sites (tertiary alicyclic amines) is 1. The first-order valence-corrected chi connectivity index (χ1v) is 9.90. The third-order valence-corrected chi connectivity index (χ3v) is 6.00. The van der Waals surface area contributed by atoms with Crippen LogP contribution in [0.3, 0.4) is 0 Å². The second kappa shape index (κ2) is 7.97. The van der Waals surface area contributed by atoms with Crippen LogP contribution in [-0.2, 0) is 10.0 Å². The van der Waals surface area contributed by atoms with Crippen molar-refractivity contribution in [2.75, 3.05) is 26.2 Å². The van der Waals surface area contributed by atoms with Crippen molar-refractivity contribution in [3.8, 4) is 0 Å². The zero-order valence-corrected chi connectivity index (χ0v) is 15.1. The summed E-state index contributed by atoms with van der Waals surface area (Å²) in [5, 5.41) is 0.638. The molecule has 1 saturated heterocycles. The highest BCUT2D eigenvalue weighted by molar-refractivity contribution is 7.89. The fourth-order valence-electron chi connectivity index (χ4n) is 2.73. The van der Waals surface area contributed by atoms with E-state index in [1.54, 1.807) is 4.90 Å². The van der Waals surface area contributed by atoms with Gasteiger partial charge in [0.25, 0.3) is 0 Å². The first-order valence-electron chi connectivity index (χ1n) is 7.66. The third kappa shape index (κ3) is 5.39. The van der Waals surface area contributed by atoms with E-state index >= 15 is 0 Å². The minimum atomic E-state index is -3.55. The smallest absolute Gasteiger partial charge is 0.240 e. The quantitative estimate of drug-likeness (QED) is 0.757. The summed E-state index contributed by atoms with van der Waals surface area (Å²) in [5.41, 5.74) is 0. The predicted molar refractivity (Wildman–Crippen MR) is 90.2 cm³/mol. The molecule has 0 aromatic heterocycles. The maximum Gasteiger partial charge on any atom is 0.240 e. The third-order valence-electron chi connectivity index (χ3n) is 4.13. The molecule has 22 heavy (non-hydrogen) atoms. The Morgan fingerprint density at radius 3 is 2.36 bits per heavy atom. The van der Waals surface area contributed by atoms with E-state index in [9.17, 15) is 8.42 Å². The van der Waals surface area contributed by atoms with Crippen molar-refractivity contribution < 1.29 is 13.3 Å². The SMILES string of the molecule is CC1CC[NH+](CCCNS(=O)(=O)c2cc(Cl)cc(Cl)c2)CC1. The van der Waals surface area contributed by atoms with Gasteiger partial charge in [-0.25, -0.2) is 13.1 Å². The van der Waals surface area contributed by atoms with Gasteiger partial charge < -0.3 is 4.90 Å². The summed E-state index contributed by atoms with van der Waals surface area (Å²) >= 11 is 11.7. The van der Waals surface area contributed by atoms with Gasteiger partial charge in [-0.15, -0.1) is 0 Å². The van der Waals surface area contributed by atoms with Gasteiger partial charge in [0.2, 0.25) is 10.0 Å². The van der Waals surface area contributed by atoms with Gasteiger partial charge >= 0.3 is 0 Å². The molecule has 0 bridgehead atoms. The average molecular weight is 366 g/mol. The van der Waals surface area contributed by atoms with Crippen LogP contribution < -0.4 is 9.62 Å². The van der Waals surface area contributed by atoms with Gasteiger partial charge in [0, 0.05) is 23.0 Å². The highest BCUT2D eigenvalue weighted by atomic mass is 35.5. The molecule has 1 fully saturated rings. The molecule has 1 aliphatic heterocycles. The summed E-state index contributed by atoms with van der Waals surface area (Å²) in [6.45, 7) is 6.12. The summed E-state index contributed by atoms with van der Waals surface area (Å²) in [6.07, 6.45) is 3.36. The van der Waals surface area contributed by atoms with E-state index in [2.05, 4.69) is 11.6 Å². The van der Waals surface area contributed by atoms with Crippen LogP contribution in [0, 0.1) is 5.92 Å². The van der Waals surface area contributed by atoms with Gasteiger partial charge in [-0.1, -0.05) is 30.1 Å². The Bertz CT molecular complexity index is 579. The first-order chi connectivity index (χ1) is 10.4. The summed E-state index contributed by atoms with van der Waals surface area (Å²) in [6, 6.07) is 4.34. The van der Waals surface area contributed by atoms with Gasteiger partial charge in [-0.05, 0) is 37.0 Å². The lowest BCUT2D eigenvalue weighted by Gasteiger charge is -2.27. The van der Waals surface area contributed by atoms with Gasteiger partial charge in [-0.2, -0.15) is 0 Å². The second-order valence-corrected chi connectivity index (χ2v) is 8.68. The molecule has 2 N–H and O–H groups in total. The normalized spacial score (nSPS) is 22.7. The molecule has 0 saturated carbocycles. The lowest BCUT2D eigenvalue weighted by atomic mass is 9.99. The number of halogens is 2. The van der Waals surface area contributed by atoms with Crippen LogP contribution >= 0.6 is 23.2 Å². The molecule has 1 aliphatic rings. The molecule has 0 radical (unpaired) electrons. The van der Waals surface area contributed by atoms with E-state index in [4.69, 9.17) is 23.2 Å². The van der Waals surface area contributed by atoms with Crippen LogP contribution in [0.5, 0.6) is 0 Å². The van der Waals surface area contributed by atoms with Crippen LogP contribution in [-0.4, -0.2) is 34.6 Å². The summed E-state index contributed by atoms with van der Waals surface area (Å²) in [4.78, 5) is 1.69. The van der Waals surface area contributed by atoms with Crippen molar-refractivity contribution in [2.24, 2.45) is 5.92 Å². The lowest BCUT2D eigenvalue weighted by Crippen LogP contribution is -3.13. The molecular weight excluding hydrogens is 343 g/mol. The molecule has 1 heterocycles. The number of nitrogens with one attached hydrogen (secondary N) is 2. The fraction of sp³-hybridized carbons (Fsp3) is 0.600. The average Bonchev–Trinajstić information content (AvgIpc) is 2.44. The number of quaternary nitrogens is 1. The van der Waals surface area contributed by atoms with Gasteiger partial charge in [0.1, 0.15) is 0 Å². The molecule has 124 valence electrons. The number of hydrogen-bond donors (Lipinski definition) is 2. The van der Waals surface area contributed by atoms with Crippen molar-refractivity contribution >= 4 is 33.2 Å². The Morgan fingerprint density at radius 2 is 1.77 bits per heavy atom. The topological polar surface area (TPSA) is 50.6 Å². The molecule has 0 spiro atoms. The van der Waals surface area contributed by atoms with Crippen molar-refractivity contribution in [3.05, 3.63) is 28.2 Å². The number of hydrogen-bond acceptors (Lipinski definition) is 2. The highest BCUT2D eigenvalue weighted by Crippen LogP contribution is 2.22. The zero-order valence-electron chi connectivity index (χ0n) is 12.7. The molecule has 0 unspecified atom stereocenters. The van der Waals surface area contributed by atoms with Crippen LogP contribution in [0.4, 0.5) is 0 Å². The lowest BCUT2D eigenvalue weighted by molar-refractivity contribution is -0.906. The van der Waals surface area contributed by atoms with Gasteiger partial charge in [0.05, 0.1) is 24.5 Å². The Labute approximate surface area is 142 Å². The number of sulfonamides is 1. The standard InChI is InChI=1S/C15H22Cl2N2O2S/c1-12-3-7-19(8-4-12)6-2-5-18-22(20,21)15-10-13(16)9-14(17)11-15/h9-12,18H,2-8H2,1H3/p+1. The molecule has 0 atom stereocenters. The highest BCUT2D eigenvalue weighted by Gasteiger charge is 2.19. The van der Waals surface area contributed by atoms with E-state index in [-0.39, 0.29) is 4.90 Å². The minimum Gasteiger partial charge on any atom is -0.335 e. The number of benzene rings is 1. The number of piperidine rings is 1. The summed E-state index contributed by atoms with van der Waals surface area (Å²) in [7, 11) is -3.55. The summed E-state index contributed by atoms with van der Waals surface area (Å²) < 4.78 is 27.0. The molecule has 0 amide bonds. The minimum absolute atomic E-state index is 0.115. The fourth-order valence-corrected chi connectivity index (χ4v) is 4.53. The van der Waals surface area contributed by atoms with E-state index in [1.807, 2.05) is 0 Å². The Morgan fingerprint density at radius 1 is 1.18 bits per heavy atom. The molecule has 4 nitrogen and oxygen atoms in total. The van der Waals surface area contributed by atoms with Crippen molar-refractivity contribution in [3.63, 3.8) is 0 Å². The van der Waals surface area contributed by atoms with E-state index in [0.29, 0.717) is 16.6 Å². The van der Waals surface area contributed by atoms with E-state index in [1.165, 1.54) is 44.1 Å². The largest absolute Gasteiger partial charge is 0.335 e. The molecule has 7 heteroatoms. The molecular formula is C15H23Cl2N2O2S+. The Hall–Kier alpha value is -0.330. The maximum absolute atomic E-state index is 12.2. The summed E-state index contributed by atoms with van der Waals surface area (Å²) in [5.74, 6) is 0.829. The van der Waals surface area contributed by atoms with Crippen molar-refractivity contribution in [2.45, 2.75) is 31.1 Å². The van der Waals surface area contributed by atoms with Crippen LogP contribution in [0.25, 0.3) is 0 Å². The van der Waals surface area contributed by atoms with Crippen molar-refractivity contribution in [1.82, 2.24) is 4.72 Å². The maximum atomic E-state index is 12.2. The molecule has 2 rings (SSSR count). The van der Waals surface area contributed by atoms with Crippen molar-refractivity contribution in [1.29, 1.82) is 0 Å².